The van der Waals surface area contributed by atoms with Crippen LogP contribution in [0.15, 0.2) is 23.1 Å². The molecule has 2 aromatic rings. The van der Waals surface area contributed by atoms with Crippen molar-refractivity contribution in [2.75, 3.05) is 27.7 Å². The molecule has 6 heteroatoms. The number of methoxy groups -OCH3 is 1. The van der Waals surface area contributed by atoms with Crippen molar-refractivity contribution in [1.82, 2.24) is 14.5 Å². The van der Waals surface area contributed by atoms with Crippen LogP contribution in [-0.2, 0) is 11.3 Å². The van der Waals surface area contributed by atoms with Gasteiger partial charge in [0, 0.05) is 12.7 Å². The Bertz CT molecular complexity index is 750. The maximum absolute atomic E-state index is 12.5. The molecular weight excluding hydrogens is 282 g/mol. The van der Waals surface area contributed by atoms with Gasteiger partial charge in [0.25, 0.3) is 5.56 Å². The molecule has 0 aliphatic rings. The molecule has 0 N–H and O–H groups in total. The van der Waals surface area contributed by atoms with Crippen LogP contribution in [-0.4, -0.2) is 48.2 Å². The Hall–Kier alpha value is -2.21. The largest absolute Gasteiger partial charge is 0.465 e. The van der Waals surface area contributed by atoms with E-state index in [9.17, 15) is 9.59 Å². The Balaban J connectivity index is 2.43. The van der Waals surface area contributed by atoms with Crippen molar-refractivity contribution in [2.45, 2.75) is 19.9 Å². The SMILES string of the molecule is COC(=O)c1cc2c(=O)n(CCCN(C)C)ccc2nc1C. The van der Waals surface area contributed by atoms with Gasteiger partial charge in [0.2, 0.25) is 0 Å². The second kappa shape index (κ2) is 6.70. The van der Waals surface area contributed by atoms with Crippen LogP contribution in [0, 0.1) is 6.92 Å². The van der Waals surface area contributed by atoms with E-state index in [1.54, 1.807) is 29.8 Å². The summed E-state index contributed by atoms with van der Waals surface area (Å²) in [7, 11) is 5.31. The van der Waals surface area contributed by atoms with Gasteiger partial charge in [-0.1, -0.05) is 0 Å². The Morgan fingerprint density at radius 2 is 2.14 bits per heavy atom. The third-order valence-corrected chi connectivity index (χ3v) is 3.56. The predicted molar refractivity (Wildman–Crippen MR) is 85.3 cm³/mol. The molecule has 2 heterocycles. The van der Waals surface area contributed by atoms with E-state index in [0.29, 0.717) is 28.7 Å². The van der Waals surface area contributed by atoms with Gasteiger partial charge < -0.3 is 14.2 Å². The summed E-state index contributed by atoms with van der Waals surface area (Å²) < 4.78 is 6.39. The number of hydrogen-bond acceptors (Lipinski definition) is 5. The van der Waals surface area contributed by atoms with Gasteiger partial charge in [-0.05, 0) is 46.1 Å². The minimum atomic E-state index is -0.477. The summed E-state index contributed by atoms with van der Waals surface area (Å²) >= 11 is 0. The highest BCUT2D eigenvalue weighted by molar-refractivity contribution is 5.94. The van der Waals surface area contributed by atoms with Crippen LogP contribution in [0.25, 0.3) is 10.9 Å². The highest BCUT2D eigenvalue weighted by Crippen LogP contribution is 2.14. The summed E-state index contributed by atoms with van der Waals surface area (Å²) in [5.41, 5.74) is 1.36. The fraction of sp³-hybridized carbons (Fsp3) is 0.438. The smallest absolute Gasteiger partial charge is 0.339 e. The first-order valence-corrected chi connectivity index (χ1v) is 7.18. The minimum absolute atomic E-state index is 0.131. The predicted octanol–water partition coefficient (Wildman–Crippen LogP) is 1.44. The number of carbonyl (C=O) groups is 1. The van der Waals surface area contributed by atoms with Gasteiger partial charge in [0.05, 0.1) is 29.3 Å². The average Bonchev–Trinajstić information content (AvgIpc) is 2.48. The molecule has 0 unspecified atom stereocenters. The molecule has 22 heavy (non-hydrogen) atoms. The van der Waals surface area contributed by atoms with Crippen molar-refractivity contribution < 1.29 is 9.53 Å². The van der Waals surface area contributed by atoms with E-state index in [-0.39, 0.29) is 5.56 Å². The zero-order chi connectivity index (χ0) is 16.3. The summed E-state index contributed by atoms with van der Waals surface area (Å²) in [6.45, 7) is 3.27. The molecule has 2 aromatic heterocycles. The van der Waals surface area contributed by atoms with Crippen molar-refractivity contribution in [2.24, 2.45) is 0 Å². The van der Waals surface area contributed by atoms with Crippen LogP contribution in [0.2, 0.25) is 0 Å². The van der Waals surface area contributed by atoms with Crippen LogP contribution in [0.1, 0.15) is 22.5 Å². The van der Waals surface area contributed by atoms with E-state index in [4.69, 9.17) is 4.74 Å². The molecule has 0 spiro atoms. The van der Waals surface area contributed by atoms with Gasteiger partial charge in [0.1, 0.15) is 0 Å². The zero-order valence-corrected chi connectivity index (χ0v) is 13.4. The van der Waals surface area contributed by atoms with Crippen LogP contribution in [0.3, 0.4) is 0 Å². The number of carbonyl (C=O) groups excluding carboxylic acids is 1. The standard InChI is InChI=1S/C16H21N3O3/c1-11-12(16(21)22-4)10-13-14(17-11)6-9-19(15(13)20)8-5-7-18(2)3/h6,9-10H,5,7-8H2,1-4H3. The highest BCUT2D eigenvalue weighted by atomic mass is 16.5. The molecule has 0 aliphatic carbocycles. The summed E-state index contributed by atoms with van der Waals surface area (Å²) in [5, 5.41) is 0.443. The quantitative estimate of drug-likeness (QED) is 0.782. The summed E-state index contributed by atoms with van der Waals surface area (Å²) in [6.07, 6.45) is 2.63. The second-order valence-electron chi connectivity index (χ2n) is 5.52. The number of esters is 1. The average molecular weight is 303 g/mol. The van der Waals surface area contributed by atoms with Gasteiger partial charge in [-0.15, -0.1) is 0 Å². The van der Waals surface area contributed by atoms with Crippen molar-refractivity contribution in [3.05, 3.63) is 39.9 Å². The van der Waals surface area contributed by atoms with E-state index in [0.717, 1.165) is 13.0 Å². The summed E-state index contributed by atoms with van der Waals surface area (Å²) in [6, 6.07) is 3.38. The molecule has 0 bridgehead atoms. The van der Waals surface area contributed by atoms with Gasteiger partial charge >= 0.3 is 5.97 Å². The lowest BCUT2D eigenvalue weighted by atomic mass is 10.1. The van der Waals surface area contributed by atoms with Crippen molar-refractivity contribution in [3.63, 3.8) is 0 Å². The van der Waals surface area contributed by atoms with E-state index in [1.807, 2.05) is 14.1 Å². The Kier molecular flexibility index (Phi) is 4.92. The maximum Gasteiger partial charge on any atom is 0.339 e. The molecule has 118 valence electrons. The van der Waals surface area contributed by atoms with Crippen LogP contribution < -0.4 is 5.56 Å². The first-order chi connectivity index (χ1) is 10.4. The number of aryl methyl sites for hydroxylation is 2. The normalized spacial score (nSPS) is 11.1. The minimum Gasteiger partial charge on any atom is -0.465 e. The van der Waals surface area contributed by atoms with Gasteiger partial charge in [-0.2, -0.15) is 0 Å². The topological polar surface area (TPSA) is 64.4 Å². The van der Waals surface area contributed by atoms with Gasteiger partial charge in [-0.3, -0.25) is 9.78 Å². The van der Waals surface area contributed by atoms with Crippen LogP contribution in [0.4, 0.5) is 0 Å². The number of ether oxygens (including phenoxy) is 1. The molecular formula is C16H21N3O3. The lowest BCUT2D eigenvalue weighted by molar-refractivity contribution is 0.0599. The highest BCUT2D eigenvalue weighted by Gasteiger charge is 2.14. The fourth-order valence-electron chi connectivity index (χ4n) is 2.36. The van der Waals surface area contributed by atoms with Crippen LogP contribution >= 0.6 is 0 Å². The van der Waals surface area contributed by atoms with Gasteiger partial charge in [-0.25, -0.2) is 4.79 Å². The van der Waals surface area contributed by atoms with E-state index >= 15 is 0 Å². The van der Waals surface area contributed by atoms with Gasteiger partial charge in [0.15, 0.2) is 0 Å². The van der Waals surface area contributed by atoms with Crippen molar-refractivity contribution in [1.29, 1.82) is 0 Å². The van der Waals surface area contributed by atoms with Crippen molar-refractivity contribution >= 4 is 16.9 Å². The second-order valence-corrected chi connectivity index (χ2v) is 5.52. The molecule has 0 aromatic carbocycles. The molecule has 0 atom stereocenters. The molecule has 0 saturated heterocycles. The van der Waals surface area contributed by atoms with E-state index < -0.39 is 5.97 Å². The molecule has 0 saturated carbocycles. The maximum atomic E-state index is 12.5. The van der Waals surface area contributed by atoms with E-state index in [2.05, 4.69) is 9.88 Å². The first kappa shape index (κ1) is 16.2. The molecule has 6 nitrogen and oxygen atoms in total. The molecule has 0 amide bonds. The summed E-state index contributed by atoms with van der Waals surface area (Å²) in [4.78, 5) is 30.7. The molecule has 0 aliphatic heterocycles. The van der Waals surface area contributed by atoms with Crippen molar-refractivity contribution in [3.8, 4) is 0 Å². The zero-order valence-electron chi connectivity index (χ0n) is 13.4. The van der Waals surface area contributed by atoms with Crippen LogP contribution in [0.5, 0.6) is 0 Å². The summed E-state index contributed by atoms with van der Waals surface area (Å²) in [5.74, 6) is -0.477. The number of rotatable bonds is 5. The molecule has 2 rings (SSSR count). The van der Waals surface area contributed by atoms with E-state index in [1.165, 1.54) is 7.11 Å². The number of hydrogen-bond donors (Lipinski definition) is 0. The third-order valence-electron chi connectivity index (χ3n) is 3.56. The third kappa shape index (κ3) is 3.33. The lowest BCUT2D eigenvalue weighted by Gasteiger charge is -2.11. The number of nitrogens with zero attached hydrogens (tertiary/aromatic N) is 3. The number of fused-ring (bicyclic) bond motifs is 1. The first-order valence-electron chi connectivity index (χ1n) is 7.18. The molecule has 0 radical (unpaired) electrons. The number of aromatic nitrogens is 2. The lowest BCUT2D eigenvalue weighted by Crippen LogP contribution is -2.23. The fourth-order valence-corrected chi connectivity index (χ4v) is 2.36. The monoisotopic (exact) mass is 303 g/mol. The molecule has 0 fully saturated rings. The Morgan fingerprint density at radius 3 is 2.77 bits per heavy atom. The number of pyridine rings is 2. The Morgan fingerprint density at radius 1 is 1.41 bits per heavy atom. The Labute approximate surface area is 129 Å².